The van der Waals surface area contributed by atoms with E-state index < -0.39 is 15.8 Å². The number of hydrazine groups is 1. The molecule has 1 saturated heterocycles. The molecule has 0 atom stereocenters. The molecule has 4 aliphatic rings. The lowest BCUT2D eigenvalue weighted by molar-refractivity contribution is -0.0964. The molecule has 1 spiro atoms. The Morgan fingerprint density at radius 2 is 1.88 bits per heavy atom. The normalized spacial score (nSPS) is 24.1. The molecule has 2 fully saturated rings. The van der Waals surface area contributed by atoms with E-state index >= 15 is 0 Å². The van der Waals surface area contributed by atoms with Crippen molar-refractivity contribution in [2.24, 2.45) is 0 Å². The highest BCUT2D eigenvalue weighted by Gasteiger charge is 2.44. The quantitative estimate of drug-likeness (QED) is 0.567. The van der Waals surface area contributed by atoms with E-state index in [1.54, 1.807) is 22.0 Å². The van der Waals surface area contributed by atoms with Crippen LogP contribution in [0.25, 0.3) is 11.0 Å². The fourth-order valence-corrected chi connectivity index (χ4v) is 7.19. The first kappa shape index (κ1) is 22.2. The number of amides is 3. The number of furan rings is 1. The largest absolute Gasteiger partial charge is 0.450 e. The number of benzene rings is 1. The summed E-state index contributed by atoms with van der Waals surface area (Å²) in [5, 5.41) is 12.6. The van der Waals surface area contributed by atoms with Crippen LogP contribution in [-0.4, -0.2) is 58.9 Å². The number of hydrogen-bond donors (Lipinski definition) is 2. The lowest BCUT2D eigenvalue weighted by atomic mass is 9.74. The second kappa shape index (κ2) is 7.87. The second-order valence-electron chi connectivity index (χ2n) is 9.60. The molecule has 8 nitrogen and oxygen atoms in total. The van der Waals surface area contributed by atoms with Gasteiger partial charge in [0.2, 0.25) is 0 Å². The van der Waals surface area contributed by atoms with Gasteiger partial charge in [0.05, 0.1) is 16.2 Å². The number of nitrogens with zero attached hydrogens (tertiary/aromatic N) is 3. The Morgan fingerprint density at radius 1 is 1.18 bits per heavy atom. The molecule has 2 aromatic rings. The van der Waals surface area contributed by atoms with Crippen molar-refractivity contribution in [3.63, 3.8) is 0 Å². The van der Waals surface area contributed by atoms with Gasteiger partial charge in [-0.3, -0.25) is 4.79 Å². The predicted molar refractivity (Wildman–Crippen MR) is 131 cm³/mol. The molecule has 1 aromatic heterocycles. The molecule has 2 N–H and O–H groups in total. The lowest BCUT2D eigenvalue weighted by Gasteiger charge is -2.42. The number of carbonyl (C=O) groups excluding carboxylic acids is 2. The third-order valence-electron chi connectivity index (χ3n) is 7.37. The Bertz CT molecular complexity index is 1210. The minimum atomic E-state index is -1.52. The van der Waals surface area contributed by atoms with Crippen molar-refractivity contribution in [2.45, 2.75) is 37.6 Å². The number of nitrogens with one attached hydrogen (secondary N) is 2. The maximum atomic E-state index is 14.6. The van der Waals surface area contributed by atoms with E-state index in [4.69, 9.17) is 16.0 Å². The molecule has 0 unspecified atom stereocenters. The fraction of sp³-hybridized carbons (Fsp3) is 0.478. The number of rotatable bonds is 3. The van der Waals surface area contributed by atoms with Crippen LogP contribution in [0, 0.1) is 0 Å². The van der Waals surface area contributed by atoms with Gasteiger partial charge in [-0.2, -0.15) is 0 Å². The molecule has 0 bridgehead atoms. The minimum absolute atomic E-state index is 0.222. The van der Waals surface area contributed by atoms with Crippen LogP contribution in [0.5, 0.6) is 0 Å². The maximum Gasteiger partial charge on any atom is 0.319 e. The predicted octanol–water partition coefficient (Wildman–Crippen LogP) is 5.07. The van der Waals surface area contributed by atoms with Crippen LogP contribution in [-0.2, 0) is 5.54 Å². The summed E-state index contributed by atoms with van der Waals surface area (Å²) < 4.78 is 21.6. The van der Waals surface area contributed by atoms with Crippen LogP contribution in [0.3, 0.4) is 0 Å². The van der Waals surface area contributed by atoms with Gasteiger partial charge in [0.1, 0.15) is 5.58 Å². The molecule has 0 radical (unpaired) electrons. The minimum Gasteiger partial charge on any atom is -0.450 e. The topological polar surface area (TPSA) is 81.1 Å². The van der Waals surface area contributed by atoms with Crippen LogP contribution in [0.1, 0.15) is 48.2 Å². The number of urea groups is 1. The van der Waals surface area contributed by atoms with Gasteiger partial charge in [-0.15, -0.1) is 14.7 Å². The molecule has 6 rings (SSSR count). The zero-order chi connectivity index (χ0) is 23.7. The summed E-state index contributed by atoms with van der Waals surface area (Å²) in [6.07, 6.45) is 6.58. The summed E-state index contributed by atoms with van der Waals surface area (Å²) in [5.41, 5.74) is 1.43. The summed E-state index contributed by atoms with van der Waals surface area (Å²) in [5.74, 6) is 0.00839. The Balaban J connectivity index is 1.30. The molecule has 1 saturated carbocycles. The highest BCUT2D eigenvalue weighted by molar-refractivity contribution is 8.41. The Morgan fingerprint density at radius 3 is 2.56 bits per heavy atom. The first-order chi connectivity index (χ1) is 16.3. The summed E-state index contributed by atoms with van der Waals surface area (Å²) in [6.45, 7) is 1.67. The van der Waals surface area contributed by atoms with E-state index in [0.717, 1.165) is 47.7 Å². The van der Waals surface area contributed by atoms with E-state index in [1.807, 2.05) is 17.1 Å². The Kier molecular flexibility index (Phi) is 5.14. The summed E-state index contributed by atoms with van der Waals surface area (Å²) in [4.78, 5) is 27.4. The van der Waals surface area contributed by atoms with Crippen molar-refractivity contribution in [3.05, 3.63) is 39.3 Å². The van der Waals surface area contributed by atoms with Crippen LogP contribution < -0.4 is 10.6 Å². The number of halogens is 2. The number of carbonyl (C=O) groups is 2. The monoisotopic (exact) mass is 507 g/mol. The van der Waals surface area contributed by atoms with Crippen LogP contribution >= 0.6 is 21.8 Å². The Hall–Kier alpha value is -2.27. The van der Waals surface area contributed by atoms with Gasteiger partial charge >= 0.3 is 6.03 Å². The fourth-order valence-electron chi connectivity index (χ4n) is 5.43. The molecule has 1 aromatic carbocycles. The molecular weight excluding hydrogens is 481 g/mol. The number of fused-ring (bicyclic) bond motifs is 4. The molecular formula is C23H27ClFN5O3S. The van der Waals surface area contributed by atoms with Gasteiger partial charge in [0.15, 0.2) is 5.76 Å². The zero-order valence-corrected chi connectivity index (χ0v) is 20.5. The first-order valence-electron chi connectivity index (χ1n) is 11.6. The van der Waals surface area contributed by atoms with E-state index in [9.17, 15) is 14.1 Å². The maximum absolute atomic E-state index is 14.6. The summed E-state index contributed by atoms with van der Waals surface area (Å²) in [7, 11) is -1.52. The number of piperazine rings is 1. The molecule has 3 aliphatic heterocycles. The van der Waals surface area contributed by atoms with E-state index in [-0.39, 0.29) is 17.7 Å². The van der Waals surface area contributed by atoms with Gasteiger partial charge in [-0.25, -0.2) is 9.80 Å². The lowest BCUT2D eigenvalue weighted by Crippen LogP contribution is -2.52. The van der Waals surface area contributed by atoms with Crippen LogP contribution in [0.2, 0.25) is 5.02 Å². The summed E-state index contributed by atoms with van der Waals surface area (Å²) >= 11 is 6.59. The summed E-state index contributed by atoms with van der Waals surface area (Å²) in [6, 6.07) is 3.20. The molecule has 34 heavy (non-hydrogen) atoms. The average Bonchev–Trinajstić information content (AvgIpc) is 3.45. The van der Waals surface area contributed by atoms with Crippen molar-refractivity contribution in [3.8, 4) is 0 Å². The Labute approximate surface area is 203 Å². The van der Waals surface area contributed by atoms with Gasteiger partial charge in [-0.05, 0) is 46.7 Å². The molecule has 11 heteroatoms. The molecule has 182 valence electrons. The third-order valence-corrected chi connectivity index (χ3v) is 9.61. The molecule has 3 amide bonds. The third kappa shape index (κ3) is 3.50. The van der Waals surface area contributed by atoms with Crippen LogP contribution in [0.15, 0.2) is 27.4 Å². The second-order valence-corrected chi connectivity index (χ2v) is 12.9. The van der Waals surface area contributed by atoms with Crippen molar-refractivity contribution in [1.29, 1.82) is 0 Å². The number of anilines is 1. The smallest absolute Gasteiger partial charge is 0.319 e. The van der Waals surface area contributed by atoms with Gasteiger partial charge in [0, 0.05) is 37.1 Å². The molecule has 4 heterocycles. The van der Waals surface area contributed by atoms with Gasteiger partial charge in [0.25, 0.3) is 5.91 Å². The van der Waals surface area contributed by atoms with Crippen molar-refractivity contribution in [1.82, 2.24) is 19.9 Å². The van der Waals surface area contributed by atoms with Gasteiger partial charge in [-0.1, -0.05) is 30.9 Å². The highest BCUT2D eigenvalue weighted by Crippen LogP contribution is 2.63. The standard InChI is InChI=1S/C23H27ClFN5O3S/c1-34(11-12-34)30(25)29-9-7-28(8-10-29)21(31)17-14-15-13-16(24)19-18(20(15)33-17)23(27-22(32)26-19)5-3-2-4-6-23/h11-14H,2-10H2,1H3,(H2,26,27,32). The molecule has 1 aliphatic carbocycles. The highest BCUT2D eigenvalue weighted by atomic mass is 35.5. The van der Waals surface area contributed by atoms with Crippen LogP contribution in [0.4, 0.5) is 15.0 Å². The van der Waals surface area contributed by atoms with E-state index in [2.05, 4.69) is 10.6 Å². The first-order valence-corrected chi connectivity index (χ1v) is 14.1. The van der Waals surface area contributed by atoms with E-state index in [0.29, 0.717) is 42.5 Å². The van der Waals surface area contributed by atoms with Crippen molar-refractivity contribution in [2.75, 3.05) is 37.8 Å². The van der Waals surface area contributed by atoms with Crippen molar-refractivity contribution >= 4 is 50.4 Å². The van der Waals surface area contributed by atoms with Crippen molar-refractivity contribution < 1.29 is 18.5 Å². The number of hydrogen-bond acceptors (Lipinski definition) is 5. The van der Waals surface area contributed by atoms with E-state index in [1.165, 1.54) is 0 Å². The SMILES string of the molecule is CS1(N(F)N2CCN(C(=O)c3cc4cc(Cl)c5c(c4o3)C3(CCCCC3)NC(=O)N5)CC2)C=C1. The zero-order valence-electron chi connectivity index (χ0n) is 18.9. The average molecular weight is 508 g/mol. The van der Waals surface area contributed by atoms with Gasteiger partial charge < -0.3 is 20.0 Å².